The first kappa shape index (κ1) is 24.1. The summed E-state index contributed by atoms with van der Waals surface area (Å²) in [5.74, 6) is -3.93. The quantitative estimate of drug-likeness (QED) is 0.245. The lowest BCUT2D eigenvalue weighted by Gasteiger charge is -2.12. The van der Waals surface area contributed by atoms with Crippen molar-refractivity contribution in [2.24, 2.45) is 0 Å². The largest absolute Gasteiger partial charge is 0.493 e. The van der Waals surface area contributed by atoms with Crippen molar-refractivity contribution in [1.82, 2.24) is 0 Å². The maximum absolute atomic E-state index is 14.0. The molecule has 2 amide bonds. The molecule has 0 bridgehead atoms. The minimum Gasteiger partial charge on any atom is -0.493 e. The molecule has 34 heavy (non-hydrogen) atoms. The fourth-order valence-electron chi connectivity index (χ4n) is 2.86. The summed E-state index contributed by atoms with van der Waals surface area (Å²) < 4.78 is 33.4. The van der Waals surface area contributed by atoms with E-state index in [1.165, 1.54) is 48.5 Å². The van der Waals surface area contributed by atoms with E-state index in [0.717, 1.165) is 12.1 Å². The van der Waals surface area contributed by atoms with Crippen LogP contribution in [0.5, 0.6) is 5.75 Å². The van der Waals surface area contributed by atoms with Gasteiger partial charge >= 0.3 is 5.97 Å². The zero-order valence-electron chi connectivity index (χ0n) is 17.8. The number of para-hydroxylation sites is 2. The summed E-state index contributed by atoms with van der Waals surface area (Å²) in [6.45, 7) is -0.0725. The van der Waals surface area contributed by atoms with Gasteiger partial charge in [-0.2, -0.15) is 0 Å². The van der Waals surface area contributed by atoms with Crippen LogP contribution in [0, 0.1) is 11.6 Å². The molecular formula is C25H20F2N2O5. The second kappa shape index (κ2) is 11.4. The average molecular weight is 466 g/mol. The van der Waals surface area contributed by atoms with Crippen molar-refractivity contribution in [1.29, 1.82) is 0 Å². The van der Waals surface area contributed by atoms with Gasteiger partial charge in [0.25, 0.3) is 11.8 Å². The summed E-state index contributed by atoms with van der Waals surface area (Å²) in [6, 6.07) is 17.1. The number of carboxylic acids is 1. The molecule has 3 rings (SSSR count). The fourth-order valence-corrected chi connectivity index (χ4v) is 2.86. The number of carboxylic acid groups (broad SMARTS) is 1. The summed E-state index contributed by atoms with van der Waals surface area (Å²) in [5, 5.41) is 13.4. The Hall–Kier alpha value is -4.53. The number of halogens is 2. The van der Waals surface area contributed by atoms with Crippen LogP contribution in [-0.2, 0) is 14.4 Å². The minimum atomic E-state index is -1.02. The number of hydrogen-bond acceptors (Lipinski definition) is 4. The van der Waals surface area contributed by atoms with E-state index in [1.54, 1.807) is 18.2 Å². The minimum absolute atomic E-state index is 0.0725. The van der Waals surface area contributed by atoms with Crippen molar-refractivity contribution in [2.75, 3.05) is 17.2 Å². The van der Waals surface area contributed by atoms with Crippen LogP contribution < -0.4 is 15.4 Å². The molecule has 0 unspecified atom stereocenters. The molecule has 0 atom stereocenters. The molecule has 0 aromatic heterocycles. The first-order valence-corrected chi connectivity index (χ1v) is 10.1. The van der Waals surface area contributed by atoms with Crippen LogP contribution in [0.25, 0.3) is 6.08 Å². The zero-order valence-corrected chi connectivity index (χ0v) is 17.8. The zero-order chi connectivity index (χ0) is 24.5. The standard InChI is InChI=1S/C25H20F2N2O5/c26-19-8-1-3-10-21(19)28-24(32)18(25(33)29-22-11-4-2-9-20(22)27)15-16-6-5-7-17(14-16)34-13-12-23(30)31/h1-11,14-15H,12-13H2,(H,28,32)(H,29,33)(H,30,31). The molecule has 3 N–H and O–H groups in total. The average Bonchev–Trinajstić information content (AvgIpc) is 2.80. The Morgan fingerprint density at radius 3 is 1.91 bits per heavy atom. The number of ether oxygens (including phenoxy) is 1. The predicted octanol–water partition coefficient (Wildman–Crippen LogP) is 4.48. The summed E-state index contributed by atoms with van der Waals surface area (Å²) in [4.78, 5) is 36.5. The summed E-state index contributed by atoms with van der Waals surface area (Å²) >= 11 is 0. The number of amides is 2. The van der Waals surface area contributed by atoms with Crippen LogP contribution in [0.1, 0.15) is 12.0 Å². The summed E-state index contributed by atoms with van der Waals surface area (Å²) in [5.41, 5.74) is -0.324. The van der Waals surface area contributed by atoms with E-state index in [-0.39, 0.29) is 24.4 Å². The van der Waals surface area contributed by atoms with Crippen molar-refractivity contribution < 1.29 is 33.0 Å². The van der Waals surface area contributed by atoms with Crippen molar-refractivity contribution in [3.05, 3.63) is 95.6 Å². The van der Waals surface area contributed by atoms with E-state index in [1.807, 2.05) is 0 Å². The van der Waals surface area contributed by atoms with Crippen LogP contribution >= 0.6 is 0 Å². The fraction of sp³-hybridized carbons (Fsp3) is 0.0800. The van der Waals surface area contributed by atoms with Gasteiger partial charge in [-0.3, -0.25) is 14.4 Å². The van der Waals surface area contributed by atoms with Crippen molar-refractivity contribution >= 4 is 35.2 Å². The van der Waals surface area contributed by atoms with Crippen LogP contribution in [0.2, 0.25) is 0 Å². The summed E-state index contributed by atoms with van der Waals surface area (Å²) in [6.07, 6.45) is 1.03. The molecule has 7 nitrogen and oxygen atoms in total. The molecule has 3 aromatic rings. The van der Waals surface area contributed by atoms with Gasteiger partial charge in [-0.25, -0.2) is 8.78 Å². The van der Waals surface area contributed by atoms with Crippen molar-refractivity contribution in [3.63, 3.8) is 0 Å². The smallest absolute Gasteiger partial charge is 0.306 e. The molecule has 0 heterocycles. The van der Waals surface area contributed by atoms with Crippen LogP contribution in [0.15, 0.2) is 78.4 Å². The molecule has 0 saturated carbocycles. The maximum Gasteiger partial charge on any atom is 0.306 e. The highest BCUT2D eigenvalue weighted by molar-refractivity contribution is 6.28. The lowest BCUT2D eigenvalue weighted by molar-refractivity contribution is -0.137. The number of carbonyl (C=O) groups excluding carboxylic acids is 2. The van der Waals surface area contributed by atoms with Gasteiger partial charge in [0.15, 0.2) is 0 Å². The van der Waals surface area contributed by atoms with E-state index < -0.39 is 35.0 Å². The Morgan fingerprint density at radius 1 is 0.824 bits per heavy atom. The second-order valence-electron chi connectivity index (χ2n) is 6.99. The van der Waals surface area contributed by atoms with Gasteiger partial charge in [0, 0.05) is 0 Å². The van der Waals surface area contributed by atoms with Crippen molar-refractivity contribution in [3.8, 4) is 5.75 Å². The first-order chi connectivity index (χ1) is 16.3. The number of benzene rings is 3. The Bertz CT molecular complexity index is 1180. The number of anilines is 2. The van der Waals surface area contributed by atoms with Crippen molar-refractivity contribution in [2.45, 2.75) is 6.42 Å². The first-order valence-electron chi connectivity index (χ1n) is 10.1. The molecule has 0 aliphatic rings. The third kappa shape index (κ3) is 6.73. The lowest BCUT2D eigenvalue weighted by Crippen LogP contribution is -2.26. The van der Waals surface area contributed by atoms with E-state index in [9.17, 15) is 23.2 Å². The van der Waals surface area contributed by atoms with E-state index >= 15 is 0 Å². The van der Waals surface area contributed by atoms with Gasteiger partial charge < -0.3 is 20.5 Å². The predicted molar refractivity (Wildman–Crippen MR) is 122 cm³/mol. The molecule has 0 saturated heterocycles. The van der Waals surface area contributed by atoms with Gasteiger partial charge in [0.2, 0.25) is 0 Å². The maximum atomic E-state index is 14.0. The van der Waals surface area contributed by atoms with E-state index in [0.29, 0.717) is 11.3 Å². The van der Waals surface area contributed by atoms with Gasteiger partial charge in [0.05, 0.1) is 24.4 Å². The van der Waals surface area contributed by atoms with Gasteiger partial charge in [-0.05, 0) is 48.0 Å². The molecule has 0 spiro atoms. The van der Waals surface area contributed by atoms with Gasteiger partial charge in [0.1, 0.15) is 23.0 Å². The molecule has 174 valence electrons. The second-order valence-corrected chi connectivity index (χ2v) is 6.99. The Kier molecular flexibility index (Phi) is 8.07. The molecule has 0 aliphatic carbocycles. The molecule has 0 fully saturated rings. The summed E-state index contributed by atoms with van der Waals surface area (Å²) in [7, 11) is 0. The highest BCUT2D eigenvalue weighted by atomic mass is 19.1. The Balaban J connectivity index is 1.90. The normalized spacial score (nSPS) is 10.2. The Morgan fingerprint density at radius 2 is 1.38 bits per heavy atom. The van der Waals surface area contributed by atoms with Crippen LogP contribution in [0.4, 0.5) is 20.2 Å². The molecule has 9 heteroatoms. The van der Waals surface area contributed by atoms with Gasteiger partial charge in [-0.1, -0.05) is 36.4 Å². The van der Waals surface area contributed by atoms with E-state index in [2.05, 4.69) is 10.6 Å². The third-order valence-electron chi connectivity index (χ3n) is 4.49. The molecule has 3 aromatic carbocycles. The SMILES string of the molecule is O=C(O)CCOc1cccc(C=C(C(=O)Nc2ccccc2F)C(=O)Nc2ccccc2F)c1. The number of rotatable bonds is 9. The highest BCUT2D eigenvalue weighted by Gasteiger charge is 2.21. The number of nitrogens with one attached hydrogen (secondary N) is 2. The third-order valence-corrected chi connectivity index (χ3v) is 4.49. The molecule has 0 radical (unpaired) electrons. The van der Waals surface area contributed by atoms with Crippen LogP contribution in [-0.4, -0.2) is 29.5 Å². The Labute approximate surface area is 193 Å². The van der Waals surface area contributed by atoms with Crippen LogP contribution in [0.3, 0.4) is 0 Å². The monoisotopic (exact) mass is 466 g/mol. The number of aliphatic carboxylic acids is 1. The highest BCUT2D eigenvalue weighted by Crippen LogP contribution is 2.20. The number of hydrogen-bond donors (Lipinski definition) is 3. The topological polar surface area (TPSA) is 105 Å². The molecule has 0 aliphatic heterocycles. The lowest BCUT2D eigenvalue weighted by atomic mass is 10.1. The van der Waals surface area contributed by atoms with E-state index in [4.69, 9.17) is 9.84 Å². The number of carbonyl (C=O) groups is 3. The molecular weight excluding hydrogens is 446 g/mol. The van der Waals surface area contributed by atoms with Gasteiger partial charge in [-0.15, -0.1) is 0 Å².